The molecule has 2 aliphatic rings. The second-order valence-corrected chi connectivity index (χ2v) is 8.84. The van der Waals surface area contributed by atoms with Crippen LogP contribution < -0.4 is 11.1 Å². The fourth-order valence-electron chi connectivity index (χ4n) is 4.73. The maximum absolute atomic E-state index is 9.17. The van der Waals surface area contributed by atoms with Crippen LogP contribution in [-0.2, 0) is 11.2 Å². The first-order valence-corrected chi connectivity index (χ1v) is 11.8. The number of nitrogens with zero attached hydrogens (tertiary/aromatic N) is 6. The van der Waals surface area contributed by atoms with Crippen LogP contribution in [0.1, 0.15) is 37.9 Å². The molecule has 176 valence electrons. The van der Waals surface area contributed by atoms with Gasteiger partial charge in [0.15, 0.2) is 5.82 Å². The second kappa shape index (κ2) is 9.58. The number of likely N-dealkylation sites (tertiary alicyclic amines) is 1. The summed E-state index contributed by atoms with van der Waals surface area (Å²) in [7, 11) is 0. The minimum absolute atomic E-state index is 0.208. The van der Waals surface area contributed by atoms with Gasteiger partial charge >= 0.3 is 0 Å². The van der Waals surface area contributed by atoms with Gasteiger partial charge < -0.3 is 25.8 Å². The quantitative estimate of drug-likeness (QED) is 0.492. The predicted molar refractivity (Wildman–Crippen MR) is 127 cm³/mol. The molecule has 2 fully saturated rings. The van der Waals surface area contributed by atoms with Crippen molar-refractivity contribution in [3.8, 4) is 11.1 Å². The summed E-state index contributed by atoms with van der Waals surface area (Å²) < 4.78 is 7.57. The first-order valence-electron chi connectivity index (χ1n) is 11.8. The van der Waals surface area contributed by atoms with Crippen molar-refractivity contribution in [1.82, 2.24) is 29.6 Å². The van der Waals surface area contributed by atoms with Gasteiger partial charge in [0.05, 0.1) is 37.2 Å². The molecule has 10 nitrogen and oxygen atoms in total. The summed E-state index contributed by atoms with van der Waals surface area (Å²) >= 11 is 0. The number of aliphatic hydroxyl groups excluding tert-OH is 1. The van der Waals surface area contributed by atoms with Gasteiger partial charge in [0.1, 0.15) is 16.9 Å². The van der Waals surface area contributed by atoms with E-state index >= 15 is 0 Å². The van der Waals surface area contributed by atoms with E-state index in [1.165, 1.54) is 0 Å². The number of aliphatic hydroxyl groups is 1. The molecule has 3 aromatic heterocycles. The average molecular weight is 453 g/mol. The number of fused-ring (bicyclic) bond motifs is 1. The lowest BCUT2D eigenvalue weighted by Gasteiger charge is -2.31. The van der Waals surface area contributed by atoms with Crippen molar-refractivity contribution in [2.24, 2.45) is 0 Å². The summed E-state index contributed by atoms with van der Waals surface area (Å²) in [4.78, 5) is 16.5. The lowest BCUT2D eigenvalue weighted by molar-refractivity contribution is 0.146. The van der Waals surface area contributed by atoms with Gasteiger partial charge in [-0.15, -0.1) is 0 Å². The Bertz CT molecular complexity index is 1100. The average Bonchev–Trinajstić information content (AvgIpc) is 3.52. The van der Waals surface area contributed by atoms with E-state index < -0.39 is 0 Å². The van der Waals surface area contributed by atoms with E-state index in [2.05, 4.69) is 38.1 Å². The Balaban J connectivity index is 1.46. The maximum atomic E-state index is 9.17. The molecule has 0 amide bonds. The van der Waals surface area contributed by atoms with Gasteiger partial charge in [-0.1, -0.05) is 6.92 Å². The Labute approximate surface area is 193 Å². The van der Waals surface area contributed by atoms with Gasteiger partial charge in [-0.2, -0.15) is 5.10 Å². The van der Waals surface area contributed by atoms with Crippen LogP contribution in [0.25, 0.3) is 22.2 Å². The van der Waals surface area contributed by atoms with E-state index in [0.717, 1.165) is 80.1 Å². The number of β-amino-alcohol motifs (C(OH)–C–C–N with tert-alkyl or cyclic N) is 1. The van der Waals surface area contributed by atoms with Crippen molar-refractivity contribution in [3.05, 3.63) is 24.3 Å². The Morgan fingerprint density at radius 2 is 2.03 bits per heavy atom. The number of anilines is 2. The van der Waals surface area contributed by atoms with Gasteiger partial charge in [-0.3, -0.25) is 4.68 Å². The summed E-state index contributed by atoms with van der Waals surface area (Å²) in [6, 6.07) is 0.586. The fourth-order valence-corrected chi connectivity index (χ4v) is 4.73. The number of rotatable bonds is 7. The van der Waals surface area contributed by atoms with Crippen molar-refractivity contribution in [1.29, 1.82) is 0 Å². The van der Waals surface area contributed by atoms with Crippen LogP contribution in [-0.4, -0.2) is 80.2 Å². The zero-order valence-electron chi connectivity index (χ0n) is 19.1. The summed E-state index contributed by atoms with van der Waals surface area (Å²) in [5, 5.41) is 17.4. The largest absolute Gasteiger partial charge is 0.395 e. The standard InChI is InChI=1S/C23H32N8O2/c1-2-19-23(27-16-5-10-33-14-16)29-20-18(12-25-22(24)21(20)28-19)15-11-26-31(13-15)17-3-6-30(7-4-17)8-9-32/h11-13,16-17,32H,2-10,14H2,1H3,(H2,24,25)(H,27,29)/t16-/m0/s1. The lowest BCUT2D eigenvalue weighted by Crippen LogP contribution is -2.36. The summed E-state index contributed by atoms with van der Waals surface area (Å²) in [5.41, 5.74) is 10.3. The predicted octanol–water partition coefficient (Wildman–Crippen LogP) is 1.86. The molecule has 0 saturated carbocycles. The van der Waals surface area contributed by atoms with Crippen LogP contribution in [0, 0.1) is 0 Å². The number of nitrogens with two attached hydrogens (primary N) is 1. The first kappa shape index (κ1) is 22.0. The third kappa shape index (κ3) is 4.50. The topological polar surface area (TPSA) is 127 Å². The molecule has 0 aliphatic carbocycles. The maximum Gasteiger partial charge on any atom is 0.151 e. The van der Waals surface area contributed by atoms with Crippen LogP contribution >= 0.6 is 0 Å². The van der Waals surface area contributed by atoms with Crippen molar-refractivity contribution < 1.29 is 9.84 Å². The summed E-state index contributed by atoms with van der Waals surface area (Å²) in [6.45, 7) is 6.39. The van der Waals surface area contributed by atoms with Crippen molar-refractivity contribution >= 4 is 22.7 Å². The van der Waals surface area contributed by atoms with Crippen LogP contribution in [0.15, 0.2) is 18.6 Å². The minimum atomic E-state index is 0.208. The van der Waals surface area contributed by atoms with Gasteiger partial charge in [-0.05, 0) is 25.7 Å². The Kier molecular flexibility index (Phi) is 6.39. The van der Waals surface area contributed by atoms with Gasteiger partial charge in [-0.25, -0.2) is 15.0 Å². The molecule has 0 aromatic carbocycles. The smallest absolute Gasteiger partial charge is 0.151 e. The van der Waals surface area contributed by atoms with Crippen molar-refractivity contribution in [2.75, 3.05) is 50.5 Å². The number of hydrogen-bond donors (Lipinski definition) is 3. The number of aryl methyl sites for hydroxylation is 1. The third-order valence-electron chi connectivity index (χ3n) is 6.66. The van der Waals surface area contributed by atoms with E-state index in [4.69, 9.17) is 20.4 Å². The Hall–Kier alpha value is -2.82. The van der Waals surface area contributed by atoms with Gasteiger partial charge in [0, 0.05) is 49.8 Å². The fraction of sp³-hybridized carbons (Fsp3) is 0.565. The SMILES string of the molecule is CCc1nc2c(N)ncc(-c3cnn(C4CCN(CCO)CC4)c3)c2nc1N[C@H]1CCOC1. The molecular formula is C23H32N8O2. The third-order valence-corrected chi connectivity index (χ3v) is 6.66. The number of aromatic nitrogens is 5. The molecular weight excluding hydrogens is 420 g/mol. The summed E-state index contributed by atoms with van der Waals surface area (Å²) in [5.74, 6) is 1.17. The molecule has 5 rings (SSSR count). The normalized spacial score (nSPS) is 20.0. The van der Waals surface area contributed by atoms with Crippen LogP contribution in [0.3, 0.4) is 0 Å². The number of hydrogen-bond acceptors (Lipinski definition) is 9. The van der Waals surface area contributed by atoms with Crippen LogP contribution in [0.4, 0.5) is 11.6 Å². The summed E-state index contributed by atoms with van der Waals surface area (Å²) in [6.07, 6.45) is 9.45. The number of ether oxygens (including phenoxy) is 1. The van der Waals surface area contributed by atoms with Gasteiger partial charge in [0.25, 0.3) is 0 Å². The highest BCUT2D eigenvalue weighted by Gasteiger charge is 2.23. The molecule has 2 aliphatic heterocycles. The molecule has 0 bridgehead atoms. The van der Waals surface area contributed by atoms with Crippen LogP contribution in [0.2, 0.25) is 0 Å². The second-order valence-electron chi connectivity index (χ2n) is 8.84. The van der Waals surface area contributed by atoms with E-state index in [0.29, 0.717) is 24.0 Å². The van der Waals surface area contributed by atoms with E-state index in [1.807, 2.05) is 6.20 Å². The number of pyridine rings is 1. The van der Waals surface area contributed by atoms with E-state index in [-0.39, 0.29) is 12.6 Å². The number of nitrogen functional groups attached to an aromatic ring is 1. The zero-order valence-corrected chi connectivity index (χ0v) is 19.1. The van der Waals surface area contributed by atoms with Crippen LogP contribution in [0.5, 0.6) is 0 Å². The van der Waals surface area contributed by atoms with Crippen molar-refractivity contribution in [3.63, 3.8) is 0 Å². The Morgan fingerprint density at radius 1 is 1.18 bits per heavy atom. The molecule has 33 heavy (non-hydrogen) atoms. The molecule has 5 heterocycles. The highest BCUT2D eigenvalue weighted by molar-refractivity contribution is 5.96. The highest BCUT2D eigenvalue weighted by Crippen LogP contribution is 2.32. The molecule has 1 atom stereocenters. The first-order chi connectivity index (χ1) is 16.2. The molecule has 2 saturated heterocycles. The zero-order chi connectivity index (χ0) is 22.8. The highest BCUT2D eigenvalue weighted by atomic mass is 16.5. The number of nitrogens with one attached hydrogen (secondary N) is 1. The van der Waals surface area contributed by atoms with E-state index in [9.17, 15) is 5.11 Å². The lowest BCUT2D eigenvalue weighted by atomic mass is 10.1. The molecule has 10 heteroatoms. The molecule has 0 unspecified atom stereocenters. The monoisotopic (exact) mass is 452 g/mol. The van der Waals surface area contributed by atoms with Crippen molar-refractivity contribution in [2.45, 2.75) is 44.7 Å². The molecule has 0 radical (unpaired) electrons. The molecule has 3 aromatic rings. The molecule has 4 N–H and O–H groups in total. The number of piperidine rings is 1. The molecule has 0 spiro atoms. The van der Waals surface area contributed by atoms with Gasteiger partial charge in [0.2, 0.25) is 0 Å². The Morgan fingerprint density at radius 3 is 2.76 bits per heavy atom. The minimum Gasteiger partial charge on any atom is -0.395 e. The van der Waals surface area contributed by atoms with E-state index in [1.54, 1.807) is 6.20 Å².